The summed E-state index contributed by atoms with van der Waals surface area (Å²) >= 11 is 0. The second kappa shape index (κ2) is 6.84. The van der Waals surface area contributed by atoms with Crippen molar-refractivity contribution in [2.75, 3.05) is 37.7 Å². The zero-order valence-electron chi connectivity index (χ0n) is 15.8. The van der Waals surface area contributed by atoms with Crippen molar-refractivity contribution in [3.8, 4) is 0 Å². The molecule has 1 amide bonds. The van der Waals surface area contributed by atoms with Crippen LogP contribution in [-0.2, 0) is 30.1 Å². The summed E-state index contributed by atoms with van der Waals surface area (Å²) in [5.41, 5.74) is 1.18. The van der Waals surface area contributed by atoms with Crippen LogP contribution in [0.4, 0.5) is 5.69 Å². The highest BCUT2D eigenvalue weighted by Gasteiger charge is 2.55. The van der Waals surface area contributed by atoms with Gasteiger partial charge in [-0.05, 0) is 43.4 Å². The monoisotopic (exact) mass is 394 g/mol. The molecule has 0 N–H and O–H groups in total. The Bertz CT molecular complexity index is 840. The zero-order chi connectivity index (χ0) is 19.2. The lowest BCUT2D eigenvalue weighted by molar-refractivity contribution is -0.256. The Morgan fingerprint density at radius 2 is 1.78 bits per heavy atom. The number of rotatable bonds is 4. The number of anilines is 1. The smallest absolute Gasteiger partial charge is 0.292 e. The molecule has 0 unspecified atom stereocenters. The molecular formula is C19H26N2O5S. The Hall–Kier alpha value is -1.48. The minimum absolute atomic E-state index is 0.194. The normalized spacial score (nSPS) is 22.8. The molecule has 0 radical (unpaired) electrons. The molecule has 1 aromatic carbocycles. The number of fused-ring (bicyclic) bond motifs is 2. The lowest BCUT2D eigenvalue weighted by atomic mass is 10.1. The Morgan fingerprint density at radius 1 is 1.11 bits per heavy atom. The molecule has 3 heterocycles. The number of ether oxygens (including phenoxy) is 2. The fraction of sp³-hybridized carbons (Fsp3) is 0.632. The fourth-order valence-corrected chi connectivity index (χ4v) is 5.56. The lowest BCUT2D eigenvalue weighted by Gasteiger charge is -2.32. The molecule has 3 aliphatic rings. The van der Waals surface area contributed by atoms with E-state index in [4.69, 9.17) is 9.47 Å². The molecule has 0 aliphatic carbocycles. The molecule has 1 spiro atoms. The van der Waals surface area contributed by atoms with Gasteiger partial charge in [0.25, 0.3) is 11.7 Å². The number of amides is 1. The molecular weight excluding hydrogens is 368 g/mol. The third-order valence-corrected chi connectivity index (χ3v) is 7.18. The van der Waals surface area contributed by atoms with Gasteiger partial charge in [-0.1, -0.05) is 13.8 Å². The SMILES string of the molecule is CC(C)CN1C(=O)C2(OCCCO2)c2cc(S(=O)(=O)N3CCCC3)ccc21. The van der Waals surface area contributed by atoms with Crippen molar-refractivity contribution >= 4 is 21.6 Å². The average molecular weight is 394 g/mol. The third kappa shape index (κ3) is 2.99. The maximum absolute atomic E-state index is 13.2. The predicted molar refractivity (Wildman–Crippen MR) is 99.8 cm³/mol. The van der Waals surface area contributed by atoms with Crippen LogP contribution in [0.25, 0.3) is 0 Å². The molecule has 7 nitrogen and oxygen atoms in total. The van der Waals surface area contributed by atoms with Crippen molar-refractivity contribution < 1.29 is 22.7 Å². The molecule has 27 heavy (non-hydrogen) atoms. The van der Waals surface area contributed by atoms with Crippen molar-refractivity contribution in [3.05, 3.63) is 23.8 Å². The minimum Gasteiger partial charge on any atom is -0.338 e. The quantitative estimate of drug-likeness (QED) is 0.781. The Balaban J connectivity index is 1.80. The summed E-state index contributed by atoms with van der Waals surface area (Å²) in [4.78, 5) is 15.1. The van der Waals surface area contributed by atoms with E-state index in [9.17, 15) is 13.2 Å². The first-order valence-electron chi connectivity index (χ1n) is 9.61. The third-order valence-electron chi connectivity index (χ3n) is 5.29. The Kier molecular flexibility index (Phi) is 4.78. The van der Waals surface area contributed by atoms with Crippen molar-refractivity contribution in [2.24, 2.45) is 5.92 Å². The van der Waals surface area contributed by atoms with Gasteiger partial charge in [-0.25, -0.2) is 8.42 Å². The molecule has 0 atom stereocenters. The van der Waals surface area contributed by atoms with E-state index in [1.807, 2.05) is 13.8 Å². The summed E-state index contributed by atoms with van der Waals surface area (Å²) in [6, 6.07) is 4.89. The summed E-state index contributed by atoms with van der Waals surface area (Å²) in [6.07, 6.45) is 2.46. The van der Waals surface area contributed by atoms with E-state index >= 15 is 0 Å². The zero-order valence-corrected chi connectivity index (χ0v) is 16.6. The summed E-state index contributed by atoms with van der Waals surface area (Å²) in [5, 5.41) is 0. The second-order valence-corrected chi connectivity index (χ2v) is 9.70. The van der Waals surface area contributed by atoms with Crippen molar-refractivity contribution in [1.82, 2.24) is 4.31 Å². The number of carbonyl (C=O) groups excluding carboxylic acids is 1. The van der Waals surface area contributed by atoms with Crippen LogP contribution in [0.3, 0.4) is 0 Å². The van der Waals surface area contributed by atoms with E-state index in [1.54, 1.807) is 23.1 Å². The highest BCUT2D eigenvalue weighted by molar-refractivity contribution is 7.89. The molecule has 0 bridgehead atoms. The number of nitrogens with zero attached hydrogens (tertiary/aromatic N) is 2. The van der Waals surface area contributed by atoms with Gasteiger partial charge >= 0.3 is 0 Å². The number of sulfonamides is 1. The topological polar surface area (TPSA) is 76.1 Å². The first-order valence-corrected chi connectivity index (χ1v) is 11.0. The second-order valence-electron chi connectivity index (χ2n) is 7.77. The Morgan fingerprint density at radius 3 is 2.41 bits per heavy atom. The lowest BCUT2D eigenvalue weighted by Crippen LogP contribution is -2.48. The van der Waals surface area contributed by atoms with E-state index < -0.39 is 15.8 Å². The van der Waals surface area contributed by atoms with Crippen LogP contribution in [-0.4, -0.2) is 51.5 Å². The van der Waals surface area contributed by atoms with Gasteiger partial charge < -0.3 is 14.4 Å². The summed E-state index contributed by atoms with van der Waals surface area (Å²) in [7, 11) is -3.58. The highest BCUT2D eigenvalue weighted by atomic mass is 32.2. The first-order chi connectivity index (χ1) is 12.9. The van der Waals surface area contributed by atoms with Gasteiger partial charge in [0.15, 0.2) is 0 Å². The van der Waals surface area contributed by atoms with Crippen LogP contribution in [0.1, 0.15) is 38.7 Å². The van der Waals surface area contributed by atoms with E-state index in [-0.39, 0.29) is 16.7 Å². The van der Waals surface area contributed by atoms with Gasteiger partial charge in [0, 0.05) is 25.2 Å². The van der Waals surface area contributed by atoms with Crippen LogP contribution >= 0.6 is 0 Å². The standard InChI is InChI=1S/C19H26N2O5S/c1-14(2)13-21-17-7-6-15(27(23,24)20-8-3-4-9-20)12-16(17)19(18(21)22)25-10-5-11-26-19/h6-7,12,14H,3-5,8-11,13H2,1-2H3. The largest absolute Gasteiger partial charge is 0.338 e. The number of hydrogen-bond donors (Lipinski definition) is 0. The molecule has 2 fully saturated rings. The highest BCUT2D eigenvalue weighted by Crippen LogP contribution is 2.46. The molecule has 2 saturated heterocycles. The average Bonchev–Trinajstić information content (AvgIpc) is 3.26. The van der Waals surface area contributed by atoms with Gasteiger partial charge in [-0.2, -0.15) is 4.31 Å². The molecule has 8 heteroatoms. The Labute approximate surface area is 160 Å². The van der Waals surface area contributed by atoms with Crippen LogP contribution in [0.2, 0.25) is 0 Å². The minimum atomic E-state index is -3.58. The summed E-state index contributed by atoms with van der Waals surface area (Å²) < 4.78 is 39.2. The van der Waals surface area contributed by atoms with E-state index in [1.165, 1.54) is 4.31 Å². The predicted octanol–water partition coefficient (Wildman–Crippen LogP) is 2.06. The van der Waals surface area contributed by atoms with Crippen LogP contribution in [0.5, 0.6) is 0 Å². The van der Waals surface area contributed by atoms with E-state index in [0.29, 0.717) is 50.5 Å². The molecule has 4 rings (SSSR count). The molecule has 148 valence electrons. The number of benzene rings is 1. The van der Waals surface area contributed by atoms with Crippen LogP contribution in [0.15, 0.2) is 23.1 Å². The maximum atomic E-state index is 13.2. The van der Waals surface area contributed by atoms with Crippen LogP contribution in [0, 0.1) is 5.92 Å². The summed E-state index contributed by atoms with van der Waals surface area (Å²) in [5.74, 6) is -1.52. The van der Waals surface area contributed by atoms with Gasteiger partial charge in [0.1, 0.15) is 0 Å². The van der Waals surface area contributed by atoms with Gasteiger partial charge in [-0.15, -0.1) is 0 Å². The van der Waals surface area contributed by atoms with Crippen molar-refractivity contribution in [1.29, 1.82) is 0 Å². The molecule has 0 saturated carbocycles. The van der Waals surface area contributed by atoms with Crippen molar-refractivity contribution in [2.45, 2.75) is 43.8 Å². The molecule has 1 aromatic rings. The molecule has 3 aliphatic heterocycles. The maximum Gasteiger partial charge on any atom is 0.292 e. The summed E-state index contributed by atoms with van der Waals surface area (Å²) in [6.45, 7) is 6.48. The van der Waals surface area contributed by atoms with Crippen molar-refractivity contribution in [3.63, 3.8) is 0 Å². The van der Waals surface area contributed by atoms with E-state index in [2.05, 4.69) is 0 Å². The van der Waals surface area contributed by atoms with Gasteiger partial charge in [0.2, 0.25) is 10.0 Å². The first kappa shape index (κ1) is 18.9. The fourth-order valence-electron chi connectivity index (χ4n) is 4.01. The number of hydrogen-bond acceptors (Lipinski definition) is 5. The van der Waals surface area contributed by atoms with Gasteiger partial charge in [-0.3, -0.25) is 4.79 Å². The van der Waals surface area contributed by atoms with E-state index in [0.717, 1.165) is 12.8 Å². The molecule has 0 aromatic heterocycles. The number of carbonyl (C=O) groups is 1. The van der Waals surface area contributed by atoms with Crippen LogP contribution < -0.4 is 4.90 Å². The van der Waals surface area contributed by atoms with Gasteiger partial charge in [0.05, 0.1) is 23.8 Å².